The van der Waals surface area contributed by atoms with Crippen molar-refractivity contribution in [3.05, 3.63) is 35.1 Å². The number of aromatic nitrogens is 2. The number of fused-ring (bicyclic) bond motifs is 1. The third-order valence-corrected chi connectivity index (χ3v) is 2.99. The predicted molar refractivity (Wildman–Crippen MR) is 64.2 cm³/mol. The highest BCUT2D eigenvalue weighted by molar-refractivity contribution is 7.85. The summed E-state index contributed by atoms with van der Waals surface area (Å²) in [5.74, 6) is 0. The maximum absolute atomic E-state index is 11.0. The zero-order valence-corrected chi connectivity index (χ0v) is 10.5. The number of halogens is 1. The molecule has 0 spiro atoms. The van der Waals surface area contributed by atoms with E-state index in [2.05, 4.69) is 9.97 Å². The second-order valence-electron chi connectivity index (χ2n) is 3.43. The van der Waals surface area contributed by atoms with Crippen molar-refractivity contribution in [3.8, 4) is 0 Å². The van der Waals surface area contributed by atoms with E-state index in [0.29, 0.717) is 21.6 Å². The van der Waals surface area contributed by atoms with E-state index in [4.69, 9.17) is 15.8 Å². The smallest absolute Gasteiger partial charge is 0.264 e. The maximum Gasteiger partial charge on any atom is 0.264 e. The molecule has 0 radical (unpaired) electrons. The van der Waals surface area contributed by atoms with Gasteiger partial charge in [0.1, 0.15) is 0 Å². The van der Waals surface area contributed by atoms with Crippen LogP contribution in [0.5, 0.6) is 0 Å². The van der Waals surface area contributed by atoms with Crippen molar-refractivity contribution in [2.75, 3.05) is 6.26 Å². The van der Waals surface area contributed by atoms with E-state index in [9.17, 15) is 8.42 Å². The Hall–Kier alpha value is -1.24. The zero-order valence-electron chi connectivity index (χ0n) is 8.92. The first-order valence-electron chi connectivity index (χ1n) is 4.70. The van der Waals surface area contributed by atoms with Crippen LogP contribution in [-0.2, 0) is 20.9 Å². The minimum absolute atomic E-state index is 0.123. The van der Waals surface area contributed by atoms with Crippen LogP contribution in [0.2, 0.25) is 5.02 Å². The molecule has 0 aliphatic carbocycles. The highest BCUT2D eigenvalue weighted by Gasteiger charge is 2.11. The summed E-state index contributed by atoms with van der Waals surface area (Å²) in [5.41, 5.74) is 1.07. The third kappa shape index (κ3) is 2.91. The molecule has 0 aromatic carbocycles. The van der Waals surface area contributed by atoms with Crippen LogP contribution in [0.15, 0.2) is 24.5 Å². The summed E-state index contributed by atoms with van der Waals surface area (Å²) in [5, 5.41) is 1.04. The van der Waals surface area contributed by atoms with Gasteiger partial charge in [-0.15, -0.1) is 0 Å². The summed E-state index contributed by atoms with van der Waals surface area (Å²) < 4.78 is 26.6. The molecule has 0 amide bonds. The van der Waals surface area contributed by atoms with Crippen LogP contribution in [0.3, 0.4) is 0 Å². The number of nitrogens with zero attached hydrogens (tertiary/aromatic N) is 2. The quantitative estimate of drug-likeness (QED) is 0.797. The lowest BCUT2D eigenvalue weighted by atomic mass is 10.2. The van der Waals surface area contributed by atoms with E-state index in [1.165, 1.54) is 6.20 Å². The summed E-state index contributed by atoms with van der Waals surface area (Å²) in [6.07, 6.45) is 4.02. The fraction of sp³-hybridized carbons (Fsp3) is 0.200. The van der Waals surface area contributed by atoms with Gasteiger partial charge in [0.2, 0.25) is 0 Å². The predicted octanol–water partition coefficient (Wildman–Crippen LogP) is 1.76. The molecule has 5 nitrogen and oxygen atoms in total. The molecule has 0 unspecified atom stereocenters. The van der Waals surface area contributed by atoms with Gasteiger partial charge >= 0.3 is 0 Å². The van der Waals surface area contributed by atoms with Crippen LogP contribution >= 0.6 is 11.6 Å². The van der Waals surface area contributed by atoms with Gasteiger partial charge in [-0.3, -0.25) is 4.18 Å². The van der Waals surface area contributed by atoms with Gasteiger partial charge in [-0.05, 0) is 12.1 Å². The van der Waals surface area contributed by atoms with Crippen molar-refractivity contribution in [1.29, 1.82) is 0 Å². The Morgan fingerprint density at radius 1 is 1.41 bits per heavy atom. The summed E-state index contributed by atoms with van der Waals surface area (Å²) in [4.78, 5) is 8.09. The molecular formula is C10H9ClN2O3S. The van der Waals surface area contributed by atoms with E-state index < -0.39 is 10.1 Å². The largest absolute Gasteiger partial charge is 0.265 e. The number of pyridine rings is 2. The summed E-state index contributed by atoms with van der Waals surface area (Å²) >= 11 is 5.97. The van der Waals surface area contributed by atoms with Crippen molar-refractivity contribution in [2.45, 2.75) is 6.61 Å². The zero-order chi connectivity index (χ0) is 12.5. The van der Waals surface area contributed by atoms with E-state index >= 15 is 0 Å². The van der Waals surface area contributed by atoms with Crippen LogP contribution in [-0.4, -0.2) is 24.6 Å². The SMILES string of the molecule is CS(=O)(=O)OCc1c(Cl)cnc2ncccc12. The minimum atomic E-state index is -3.51. The van der Waals surface area contributed by atoms with E-state index in [0.717, 1.165) is 6.26 Å². The van der Waals surface area contributed by atoms with Crippen molar-refractivity contribution in [3.63, 3.8) is 0 Å². The highest BCUT2D eigenvalue weighted by Crippen LogP contribution is 2.24. The molecule has 7 heteroatoms. The molecule has 2 rings (SSSR count). The van der Waals surface area contributed by atoms with Gasteiger partial charge < -0.3 is 0 Å². The van der Waals surface area contributed by atoms with Crippen molar-refractivity contribution in [2.24, 2.45) is 0 Å². The molecule has 0 saturated carbocycles. The molecule has 90 valence electrons. The molecule has 0 N–H and O–H groups in total. The second-order valence-corrected chi connectivity index (χ2v) is 5.48. The molecule has 17 heavy (non-hydrogen) atoms. The fourth-order valence-electron chi connectivity index (χ4n) is 1.37. The first-order chi connectivity index (χ1) is 7.97. The number of rotatable bonds is 3. The minimum Gasteiger partial charge on any atom is -0.265 e. The normalized spacial score (nSPS) is 11.9. The second kappa shape index (κ2) is 4.56. The van der Waals surface area contributed by atoms with Gasteiger partial charge in [0, 0.05) is 23.3 Å². The molecule has 2 aromatic rings. The maximum atomic E-state index is 11.0. The van der Waals surface area contributed by atoms with Gasteiger partial charge in [-0.2, -0.15) is 8.42 Å². The Morgan fingerprint density at radius 2 is 2.18 bits per heavy atom. The summed E-state index contributed by atoms with van der Waals surface area (Å²) in [6.45, 7) is -0.123. The van der Waals surface area contributed by atoms with E-state index in [1.807, 2.05) is 0 Å². The lowest BCUT2D eigenvalue weighted by Gasteiger charge is -2.07. The van der Waals surface area contributed by atoms with Gasteiger partial charge in [0.25, 0.3) is 10.1 Å². The van der Waals surface area contributed by atoms with Crippen LogP contribution in [0, 0.1) is 0 Å². The van der Waals surface area contributed by atoms with Crippen LogP contribution < -0.4 is 0 Å². The third-order valence-electron chi connectivity index (χ3n) is 2.12. The highest BCUT2D eigenvalue weighted by atomic mass is 35.5. The molecular weight excluding hydrogens is 264 g/mol. The molecule has 2 aromatic heterocycles. The molecule has 0 atom stereocenters. The monoisotopic (exact) mass is 272 g/mol. The average molecular weight is 273 g/mol. The van der Waals surface area contributed by atoms with Gasteiger partial charge in [-0.25, -0.2) is 9.97 Å². The van der Waals surface area contributed by atoms with Crippen molar-refractivity contribution < 1.29 is 12.6 Å². The Balaban J connectivity index is 2.48. The first-order valence-corrected chi connectivity index (χ1v) is 6.89. The van der Waals surface area contributed by atoms with E-state index in [-0.39, 0.29) is 6.61 Å². The first kappa shape index (κ1) is 12.2. The Labute approximate surface area is 104 Å². The lowest BCUT2D eigenvalue weighted by molar-refractivity contribution is 0.313. The molecule has 0 aliphatic rings. The molecule has 0 aliphatic heterocycles. The van der Waals surface area contributed by atoms with Crippen molar-refractivity contribution in [1.82, 2.24) is 9.97 Å². The van der Waals surface area contributed by atoms with Crippen LogP contribution in [0.4, 0.5) is 0 Å². The molecule has 0 fully saturated rings. The topological polar surface area (TPSA) is 69.2 Å². The number of hydrogen-bond donors (Lipinski definition) is 0. The van der Waals surface area contributed by atoms with Gasteiger partial charge in [0.15, 0.2) is 5.65 Å². The Bertz CT molecular complexity index is 658. The van der Waals surface area contributed by atoms with Crippen LogP contribution in [0.25, 0.3) is 11.0 Å². The standard InChI is InChI=1S/C10H9ClN2O3S/c1-17(14,15)16-6-8-7-3-2-4-12-10(7)13-5-9(8)11/h2-5H,6H2,1H3. The Morgan fingerprint density at radius 3 is 2.88 bits per heavy atom. The fourth-order valence-corrected chi connectivity index (χ4v) is 1.91. The van der Waals surface area contributed by atoms with Gasteiger partial charge in [-0.1, -0.05) is 11.6 Å². The van der Waals surface area contributed by atoms with Crippen molar-refractivity contribution >= 4 is 32.8 Å². The number of hydrogen-bond acceptors (Lipinski definition) is 5. The molecule has 0 saturated heterocycles. The molecule has 2 heterocycles. The Kier molecular flexibility index (Phi) is 3.28. The molecule has 0 bridgehead atoms. The van der Waals surface area contributed by atoms with E-state index in [1.54, 1.807) is 18.3 Å². The summed E-state index contributed by atoms with van der Waals surface area (Å²) in [7, 11) is -3.51. The average Bonchev–Trinajstić information content (AvgIpc) is 2.26. The summed E-state index contributed by atoms with van der Waals surface area (Å²) in [6, 6.07) is 3.49. The lowest BCUT2D eigenvalue weighted by Crippen LogP contribution is -2.04. The van der Waals surface area contributed by atoms with Crippen LogP contribution in [0.1, 0.15) is 5.56 Å². The van der Waals surface area contributed by atoms with Gasteiger partial charge in [0.05, 0.1) is 17.9 Å².